The summed E-state index contributed by atoms with van der Waals surface area (Å²) in [5, 5.41) is 3.06. The average Bonchev–Trinajstić information content (AvgIpc) is 3.02. The first-order valence-corrected chi connectivity index (χ1v) is 11.6. The predicted octanol–water partition coefficient (Wildman–Crippen LogP) is 5.96. The molecule has 0 unspecified atom stereocenters. The smallest absolute Gasteiger partial charge is 0.251 e. The van der Waals surface area contributed by atoms with Crippen molar-refractivity contribution in [2.24, 2.45) is 0 Å². The monoisotopic (exact) mass is 440 g/mol. The van der Waals surface area contributed by atoms with Gasteiger partial charge in [0, 0.05) is 23.9 Å². The number of anilines is 1. The zero-order chi connectivity index (χ0) is 23.2. The number of rotatable bonds is 7. The first kappa shape index (κ1) is 22.8. The number of nitrogens with zero attached hydrogens (tertiary/aromatic N) is 1. The van der Waals surface area contributed by atoms with E-state index in [9.17, 15) is 4.79 Å². The highest BCUT2D eigenvalue weighted by atomic mass is 16.5. The summed E-state index contributed by atoms with van der Waals surface area (Å²) in [7, 11) is 4.03. The van der Waals surface area contributed by atoms with E-state index in [1.165, 1.54) is 22.3 Å². The lowest BCUT2D eigenvalue weighted by Crippen LogP contribution is -2.19. The van der Waals surface area contributed by atoms with Crippen LogP contribution in [0.2, 0.25) is 0 Å². The fraction of sp³-hybridized carbons (Fsp3) is 0.276. The van der Waals surface area contributed by atoms with Crippen LogP contribution >= 0.6 is 0 Å². The summed E-state index contributed by atoms with van der Waals surface area (Å²) >= 11 is 0. The zero-order valence-electron chi connectivity index (χ0n) is 19.7. The summed E-state index contributed by atoms with van der Waals surface area (Å²) in [6.07, 6.45) is 4.77. The second-order valence-electron chi connectivity index (χ2n) is 8.94. The molecule has 0 saturated heterocycles. The van der Waals surface area contributed by atoms with Crippen molar-refractivity contribution >= 4 is 17.7 Å². The molecule has 0 radical (unpaired) electrons. The van der Waals surface area contributed by atoms with Crippen molar-refractivity contribution in [3.05, 3.63) is 89.0 Å². The van der Waals surface area contributed by atoms with Gasteiger partial charge in [0.1, 0.15) is 12.4 Å². The van der Waals surface area contributed by atoms with E-state index in [1.54, 1.807) is 0 Å². The Morgan fingerprint density at radius 1 is 0.970 bits per heavy atom. The molecule has 33 heavy (non-hydrogen) atoms. The van der Waals surface area contributed by atoms with Gasteiger partial charge in [-0.1, -0.05) is 48.0 Å². The van der Waals surface area contributed by atoms with Gasteiger partial charge in [-0.3, -0.25) is 4.79 Å². The molecule has 1 aliphatic rings. The number of benzene rings is 3. The van der Waals surface area contributed by atoms with Gasteiger partial charge in [0.15, 0.2) is 0 Å². The van der Waals surface area contributed by atoms with Crippen LogP contribution in [0.3, 0.4) is 0 Å². The summed E-state index contributed by atoms with van der Waals surface area (Å²) < 4.78 is 5.81. The quantitative estimate of drug-likeness (QED) is 0.493. The van der Waals surface area contributed by atoms with Crippen molar-refractivity contribution in [3.63, 3.8) is 0 Å². The molecule has 4 heteroatoms. The first-order valence-electron chi connectivity index (χ1n) is 11.6. The molecule has 0 fully saturated rings. The second-order valence-corrected chi connectivity index (χ2v) is 8.94. The van der Waals surface area contributed by atoms with Crippen LogP contribution in [-0.4, -0.2) is 38.1 Å². The third kappa shape index (κ3) is 6.11. The third-order valence-electron chi connectivity index (χ3n) is 5.94. The summed E-state index contributed by atoms with van der Waals surface area (Å²) in [6, 6.07) is 22.8. The average molecular weight is 441 g/mol. The Kier molecular flexibility index (Phi) is 7.26. The van der Waals surface area contributed by atoms with Gasteiger partial charge in [-0.25, -0.2) is 0 Å². The van der Waals surface area contributed by atoms with Crippen LogP contribution in [0.25, 0.3) is 17.2 Å². The van der Waals surface area contributed by atoms with Gasteiger partial charge in [-0.2, -0.15) is 0 Å². The van der Waals surface area contributed by atoms with Crippen molar-refractivity contribution in [1.29, 1.82) is 0 Å². The maximum absolute atomic E-state index is 13.1. The lowest BCUT2D eigenvalue weighted by atomic mass is 9.97. The van der Waals surface area contributed by atoms with Gasteiger partial charge < -0.3 is 15.0 Å². The van der Waals surface area contributed by atoms with Gasteiger partial charge in [0.05, 0.1) is 0 Å². The molecule has 1 N–H and O–H groups in total. The van der Waals surface area contributed by atoms with Crippen LogP contribution in [0.15, 0.2) is 72.3 Å². The zero-order valence-corrected chi connectivity index (χ0v) is 19.7. The number of carbonyl (C=O) groups is 1. The molecular weight excluding hydrogens is 408 g/mol. The van der Waals surface area contributed by atoms with Gasteiger partial charge >= 0.3 is 0 Å². The van der Waals surface area contributed by atoms with E-state index in [1.807, 2.05) is 38.4 Å². The van der Waals surface area contributed by atoms with Crippen LogP contribution in [0, 0.1) is 6.92 Å². The Morgan fingerprint density at radius 2 is 1.76 bits per heavy atom. The van der Waals surface area contributed by atoms with Gasteiger partial charge in [-0.05, 0) is 86.8 Å². The normalized spacial score (nSPS) is 13.2. The van der Waals surface area contributed by atoms with E-state index in [0.717, 1.165) is 48.4 Å². The minimum absolute atomic E-state index is 0.0472. The molecule has 1 amide bonds. The minimum Gasteiger partial charge on any atom is -0.492 e. The van der Waals surface area contributed by atoms with Crippen LogP contribution in [0.5, 0.6) is 5.75 Å². The van der Waals surface area contributed by atoms with Crippen LogP contribution in [0.4, 0.5) is 5.69 Å². The molecule has 1 aliphatic carbocycles. The number of fused-ring (bicyclic) bond motifs is 1. The molecule has 0 aromatic heterocycles. The molecule has 0 bridgehead atoms. The standard InChI is InChI=1S/C29H32N2O2/c1-21-10-12-23(13-11-21)24-15-14-22-6-4-7-25(19-26(22)18-24)29(32)30-27-8-5-9-28(20-27)33-17-16-31(2)3/h5,8-15,18-20H,4,6-7,16-17H2,1-3H3,(H,30,32). The number of hydrogen-bond donors (Lipinski definition) is 1. The fourth-order valence-corrected chi connectivity index (χ4v) is 4.01. The summed E-state index contributed by atoms with van der Waals surface area (Å²) in [4.78, 5) is 15.2. The molecule has 3 aromatic rings. The minimum atomic E-state index is -0.0472. The van der Waals surface area contributed by atoms with Gasteiger partial charge in [0.25, 0.3) is 5.91 Å². The van der Waals surface area contributed by atoms with E-state index in [-0.39, 0.29) is 5.91 Å². The summed E-state index contributed by atoms with van der Waals surface area (Å²) in [6.45, 7) is 3.54. The molecule has 4 rings (SSSR count). The number of hydrogen-bond acceptors (Lipinski definition) is 3. The lowest BCUT2D eigenvalue weighted by Gasteiger charge is -2.12. The number of aryl methyl sites for hydroxylation is 2. The molecule has 0 aliphatic heterocycles. The van der Waals surface area contributed by atoms with E-state index in [2.05, 4.69) is 65.7 Å². The van der Waals surface area contributed by atoms with Crippen molar-refractivity contribution in [2.45, 2.75) is 26.2 Å². The third-order valence-corrected chi connectivity index (χ3v) is 5.94. The lowest BCUT2D eigenvalue weighted by molar-refractivity contribution is -0.112. The second kappa shape index (κ2) is 10.5. The largest absolute Gasteiger partial charge is 0.492 e. The first-order chi connectivity index (χ1) is 16.0. The topological polar surface area (TPSA) is 41.6 Å². The highest BCUT2D eigenvalue weighted by Crippen LogP contribution is 2.29. The summed E-state index contributed by atoms with van der Waals surface area (Å²) in [5.74, 6) is 0.714. The molecule has 0 spiro atoms. The molecule has 3 aromatic carbocycles. The molecular formula is C29H32N2O2. The highest BCUT2D eigenvalue weighted by Gasteiger charge is 2.16. The van der Waals surface area contributed by atoms with Crippen molar-refractivity contribution in [3.8, 4) is 16.9 Å². The molecule has 0 saturated carbocycles. The maximum Gasteiger partial charge on any atom is 0.251 e. The Morgan fingerprint density at radius 3 is 2.55 bits per heavy atom. The van der Waals surface area contributed by atoms with Crippen LogP contribution < -0.4 is 10.1 Å². The number of ether oxygens (including phenoxy) is 1. The number of likely N-dealkylation sites (N-methyl/N-ethyl adjacent to an activating group) is 1. The summed E-state index contributed by atoms with van der Waals surface area (Å²) in [5.41, 5.74) is 7.61. The predicted molar refractivity (Wildman–Crippen MR) is 137 cm³/mol. The van der Waals surface area contributed by atoms with Crippen LogP contribution in [-0.2, 0) is 11.2 Å². The SMILES string of the molecule is Cc1ccc(-c2ccc3c(c2)C=C(C(=O)Nc2cccc(OCCN(C)C)c2)CCC3)cc1. The van der Waals surface area contributed by atoms with E-state index >= 15 is 0 Å². The van der Waals surface area contributed by atoms with E-state index < -0.39 is 0 Å². The van der Waals surface area contributed by atoms with Crippen molar-refractivity contribution in [2.75, 3.05) is 32.6 Å². The Hall–Kier alpha value is -3.37. The number of nitrogens with one attached hydrogen (secondary N) is 1. The van der Waals surface area contributed by atoms with E-state index in [4.69, 9.17) is 4.74 Å². The van der Waals surface area contributed by atoms with Gasteiger partial charge in [0.2, 0.25) is 0 Å². The Labute approximate surface area is 196 Å². The van der Waals surface area contributed by atoms with Crippen LogP contribution in [0.1, 0.15) is 29.5 Å². The van der Waals surface area contributed by atoms with Crippen molar-refractivity contribution in [1.82, 2.24) is 4.90 Å². The van der Waals surface area contributed by atoms with E-state index in [0.29, 0.717) is 6.61 Å². The molecule has 4 nitrogen and oxygen atoms in total. The fourth-order valence-electron chi connectivity index (χ4n) is 4.01. The van der Waals surface area contributed by atoms with Crippen molar-refractivity contribution < 1.29 is 9.53 Å². The Balaban J connectivity index is 1.51. The Bertz CT molecular complexity index is 1150. The molecule has 170 valence electrons. The highest BCUT2D eigenvalue weighted by molar-refractivity contribution is 6.07. The number of amides is 1. The maximum atomic E-state index is 13.1. The van der Waals surface area contributed by atoms with Gasteiger partial charge in [-0.15, -0.1) is 0 Å². The molecule has 0 atom stereocenters. The molecule has 0 heterocycles. The number of carbonyl (C=O) groups excluding carboxylic acids is 1.